The maximum Gasteiger partial charge on any atom is 0.267 e. The summed E-state index contributed by atoms with van der Waals surface area (Å²) in [4.78, 5) is 32.6. The Morgan fingerprint density at radius 1 is 1.21 bits per heavy atom. The van der Waals surface area contributed by atoms with Crippen molar-refractivity contribution in [1.82, 2.24) is 10.3 Å². The van der Waals surface area contributed by atoms with E-state index in [9.17, 15) is 19.8 Å². The second-order valence-corrected chi connectivity index (χ2v) is 13.2. The highest BCUT2D eigenvalue weighted by atomic mass is 32.1. The summed E-state index contributed by atoms with van der Waals surface area (Å²) >= 11 is 2.79. The van der Waals surface area contributed by atoms with Crippen molar-refractivity contribution >= 4 is 39.6 Å². The number of thiophene rings is 1. The summed E-state index contributed by atoms with van der Waals surface area (Å²) in [7, 11) is 1.62. The number of carbonyl (C=O) groups excluding carboxylic acids is 2. The van der Waals surface area contributed by atoms with Gasteiger partial charge in [-0.15, -0.1) is 22.7 Å². The van der Waals surface area contributed by atoms with Crippen LogP contribution in [0.25, 0.3) is 0 Å². The molecule has 1 aromatic carbocycles. The fourth-order valence-corrected chi connectivity index (χ4v) is 8.15. The number of amides is 2. The first-order valence-corrected chi connectivity index (χ1v) is 14.9. The Labute approximate surface area is 236 Å². The highest BCUT2D eigenvalue weighted by molar-refractivity contribution is 7.16. The van der Waals surface area contributed by atoms with Crippen LogP contribution in [0.5, 0.6) is 5.75 Å². The quantitative estimate of drug-likeness (QED) is 0.315. The molecule has 10 heteroatoms. The molecule has 1 saturated carbocycles. The summed E-state index contributed by atoms with van der Waals surface area (Å²) in [5.74, 6) is 0.202. The van der Waals surface area contributed by atoms with Gasteiger partial charge in [0.25, 0.3) is 5.91 Å². The van der Waals surface area contributed by atoms with Crippen LogP contribution in [0.1, 0.15) is 64.8 Å². The van der Waals surface area contributed by atoms with Gasteiger partial charge in [0.05, 0.1) is 30.4 Å². The number of hydrogen-bond acceptors (Lipinski definition) is 8. The van der Waals surface area contributed by atoms with E-state index in [0.29, 0.717) is 29.4 Å². The average Bonchev–Trinajstić information content (AvgIpc) is 3.61. The molecule has 2 aliphatic carbocycles. The molecule has 5 rings (SSSR count). The minimum absolute atomic E-state index is 0.0491. The van der Waals surface area contributed by atoms with Crippen LogP contribution in [0.2, 0.25) is 0 Å². The molecule has 3 aromatic rings. The van der Waals surface area contributed by atoms with Crippen LogP contribution in [-0.2, 0) is 17.8 Å². The molecule has 39 heavy (non-hydrogen) atoms. The van der Waals surface area contributed by atoms with Gasteiger partial charge in [-0.05, 0) is 59.7 Å². The molecule has 208 valence electrons. The first kappa shape index (κ1) is 27.8. The van der Waals surface area contributed by atoms with Gasteiger partial charge in [-0.2, -0.15) is 0 Å². The number of fused-ring (bicyclic) bond motifs is 2. The fraction of sp³-hybridized carbons (Fsp3) is 0.483. The van der Waals surface area contributed by atoms with Crippen LogP contribution in [0.15, 0.2) is 41.8 Å². The maximum absolute atomic E-state index is 13.3. The number of thiazole rings is 1. The van der Waals surface area contributed by atoms with Crippen LogP contribution in [0, 0.1) is 16.7 Å². The van der Waals surface area contributed by atoms with Gasteiger partial charge >= 0.3 is 0 Å². The van der Waals surface area contributed by atoms with Gasteiger partial charge in [-0.1, -0.05) is 32.0 Å². The zero-order valence-corrected chi connectivity index (χ0v) is 24.0. The van der Waals surface area contributed by atoms with E-state index in [1.165, 1.54) is 22.7 Å². The summed E-state index contributed by atoms with van der Waals surface area (Å²) in [5.41, 5.74) is 0.756. The minimum atomic E-state index is -0.702. The highest BCUT2D eigenvalue weighted by Gasteiger charge is 2.59. The molecule has 4 N–H and O–H groups in total. The van der Waals surface area contributed by atoms with Crippen molar-refractivity contribution in [2.75, 3.05) is 19.0 Å². The molecule has 0 radical (unpaired) electrons. The van der Waals surface area contributed by atoms with Gasteiger partial charge in [0.15, 0.2) is 5.13 Å². The standard InChI is InChI=1S/C29H35N3O5S2/c1-28-11-10-23(34)29(2,16-33)22(28)14-21-25(31-27(39-21)32-26(36)20-5-4-12-38-20)19(28)13-24(35)30-15-17-6-8-18(37-3)9-7-17/h4-9,12,19,22-23,33-34H,10-11,13-16H2,1-3H3,(H,30,35)(H,31,32,36)/t19-,22+,23-,28+,29+/m1/s1. The Morgan fingerprint density at radius 2 is 1.97 bits per heavy atom. The Kier molecular flexibility index (Phi) is 7.83. The second-order valence-electron chi connectivity index (χ2n) is 11.1. The van der Waals surface area contributed by atoms with Gasteiger partial charge in [0.1, 0.15) is 5.75 Å². The van der Waals surface area contributed by atoms with Crippen molar-refractivity contribution in [3.63, 3.8) is 0 Å². The van der Waals surface area contributed by atoms with E-state index in [-0.39, 0.29) is 42.1 Å². The Morgan fingerprint density at radius 3 is 2.64 bits per heavy atom. The van der Waals surface area contributed by atoms with E-state index < -0.39 is 11.5 Å². The van der Waals surface area contributed by atoms with Gasteiger partial charge in [0.2, 0.25) is 5.91 Å². The number of carbonyl (C=O) groups is 2. The number of methoxy groups -OCH3 is 1. The topological polar surface area (TPSA) is 121 Å². The van der Waals surface area contributed by atoms with Crippen LogP contribution in [-0.4, -0.2) is 46.8 Å². The van der Waals surface area contributed by atoms with Crippen molar-refractivity contribution in [2.45, 2.75) is 58.1 Å². The summed E-state index contributed by atoms with van der Waals surface area (Å²) in [5, 5.41) is 29.8. The van der Waals surface area contributed by atoms with E-state index in [4.69, 9.17) is 9.72 Å². The first-order valence-electron chi connectivity index (χ1n) is 13.2. The Bertz CT molecular complexity index is 1330. The molecule has 1 fully saturated rings. The predicted molar refractivity (Wildman–Crippen MR) is 152 cm³/mol. The highest BCUT2D eigenvalue weighted by Crippen LogP contribution is 2.62. The lowest BCUT2D eigenvalue weighted by molar-refractivity contribution is -0.144. The van der Waals surface area contributed by atoms with Crippen LogP contribution >= 0.6 is 22.7 Å². The summed E-state index contributed by atoms with van der Waals surface area (Å²) < 4.78 is 5.22. The predicted octanol–water partition coefficient (Wildman–Crippen LogP) is 4.59. The number of rotatable bonds is 8. The molecule has 2 amide bonds. The van der Waals surface area contributed by atoms with E-state index in [1.54, 1.807) is 13.2 Å². The van der Waals surface area contributed by atoms with Gasteiger partial charge in [-0.3, -0.25) is 14.9 Å². The molecular weight excluding hydrogens is 534 g/mol. The largest absolute Gasteiger partial charge is 0.497 e. The SMILES string of the molecule is COc1ccc(CNC(=O)C[C@@H]2c3nc(NC(=O)c4cccs4)sc3C[C@@H]3[C@](C)(CO)[C@H](O)CC[C@]32C)cc1. The molecule has 2 aliphatic rings. The molecule has 2 aromatic heterocycles. The Hall–Kier alpha value is -2.79. The lowest BCUT2D eigenvalue weighted by atomic mass is 9.47. The summed E-state index contributed by atoms with van der Waals surface area (Å²) in [6.07, 6.45) is 1.51. The second kappa shape index (κ2) is 11.0. The number of aromatic nitrogens is 1. The number of hydrogen-bond donors (Lipinski definition) is 4. The van der Waals surface area contributed by atoms with Crippen LogP contribution in [0.3, 0.4) is 0 Å². The lowest BCUT2D eigenvalue weighted by Gasteiger charge is -2.58. The molecule has 0 saturated heterocycles. The zero-order chi connectivity index (χ0) is 27.8. The number of nitrogens with one attached hydrogen (secondary N) is 2. The number of ether oxygens (including phenoxy) is 1. The number of benzene rings is 1. The number of aliphatic hydroxyl groups is 2. The lowest BCUT2D eigenvalue weighted by Crippen LogP contribution is -2.57. The van der Waals surface area contributed by atoms with E-state index in [1.807, 2.05) is 42.6 Å². The van der Waals surface area contributed by atoms with Crippen molar-refractivity contribution < 1.29 is 24.5 Å². The van der Waals surface area contributed by atoms with E-state index in [0.717, 1.165) is 28.3 Å². The molecule has 0 unspecified atom stereocenters. The molecule has 0 spiro atoms. The zero-order valence-electron chi connectivity index (χ0n) is 22.4. The molecule has 8 nitrogen and oxygen atoms in total. The number of nitrogens with zero attached hydrogens (tertiary/aromatic N) is 1. The number of anilines is 1. The molecular formula is C29H35N3O5S2. The third-order valence-corrected chi connectivity index (χ3v) is 10.8. The monoisotopic (exact) mass is 569 g/mol. The third kappa shape index (κ3) is 5.23. The molecule has 2 heterocycles. The van der Waals surface area contributed by atoms with Gasteiger partial charge in [0, 0.05) is 29.2 Å². The van der Waals surface area contributed by atoms with Crippen molar-refractivity contribution in [3.8, 4) is 5.75 Å². The fourth-order valence-electron chi connectivity index (χ4n) is 6.47. The average molecular weight is 570 g/mol. The van der Waals surface area contributed by atoms with E-state index >= 15 is 0 Å². The third-order valence-electron chi connectivity index (χ3n) is 8.90. The number of aliphatic hydroxyl groups excluding tert-OH is 2. The normalized spacial score (nSPS) is 27.8. The van der Waals surface area contributed by atoms with Crippen molar-refractivity contribution in [2.24, 2.45) is 16.7 Å². The van der Waals surface area contributed by atoms with Crippen LogP contribution in [0.4, 0.5) is 5.13 Å². The van der Waals surface area contributed by atoms with Crippen molar-refractivity contribution in [1.29, 1.82) is 0 Å². The molecule has 5 atom stereocenters. The first-order chi connectivity index (χ1) is 18.7. The summed E-state index contributed by atoms with van der Waals surface area (Å²) in [6.45, 7) is 4.38. The van der Waals surface area contributed by atoms with Gasteiger partial charge in [-0.25, -0.2) is 4.98 Å². The smallest absolute Gasteiger partial charge is 0.267 e. The van der Waals surface area contributed by atoms with Crippen molar-refractivity contribution in [3.05, 3.63) is 62.8 Å². The maximum atomic E-state index is 13.3. The molecule has 0 bridgehead atoms. The van der Waals surface area contributed by atoms with Gasteiger partial charge < -0.3 is 20.3 Å². The van der Waals surface area contributed by atoms with E-state index in [2.05, 4.69) is 17.6 Å². The summed E-state index contributed by atoms with van der Waals surface area (Å²) in [6, 6.07) is 11.2. The minimum Gasteiger partial charge on any atom is -0.497 e. The molecule has 0 aliphatic heterocycles. The Balaban J connectivity index is 1.42. The van der Waals surface area contributed by atoms with Crippen LogP contribution < -0.4 is 15.4 Å².